The van der Waals surface area contributed by atoms with Gasteiger partial charge in [0, 0.05) is 35.4 Å². The quantitative estimate of drug-likeness (QED) is 0.371. The molecule has 0 saturated heterocycles. The Kier molecular flexibility index (Phi) is 5.23. The summed E-state index contributed by atoms with van der Waals surface area (Å²) < 4.78 is 6.84. The highest BCUT2D eigenvalue weighted by Crippen LogP contribution is 2.31. The van der Waals surface area contributed by atoms with E-state index >= 15 is 0 Å². The highest BCUT2D eigenvalue weighted by Gasteiger charge is 2.14. The van der Waals surface area contributed by atoms with Crippen LogP contribution in [0.1, 0.15) is 18.1 Å². The average Bonchev–Trinajstić information content (AvgIpc) is 3.17. The number of amides is 1. The van der Waals surface area contributed by atoms with Gasteiger partial charge in [-0.1, -0.05) is 17.8 Å². The van der Waals surface area contributed by atoms with Crippen LogP contribution in [-0.4, -0.2) is 31.2 Å². The minimum Gasteiger partial charge on any atom is -0.508 e. The number of aromatic nitrogens is 4. The molecule has 0 spiro atoms. The SMILES string of the molecule is CC(=O)Nc1cccc(-n2nnnc2SCc2cc(=O)oc3c(C)c(O)ccc23)c1. The lowest BCUT2D eigenvalue weighted by Crippen LogP contribution is -2.07. The van der Waals surface area contributed by atoms with E-state index in [0.717, 1.165) is 10.9 Å². The van der Waals surface area contributed by atoms with Gasteiger partial charge in [0.1, 0.15) is 11.3 Å². The molecule has 0 atom stereocenters. The van der Waals surface area contributed by atoms with Crippen LogP contribution in [0.25, 0.3) is 16.7 Å². The van der Waals surface area contributed by atoms with E-state index in [0.29, 0.717) is 33.4 Å². The Morgan fingerprint density at radius 3 is 2.90 bits per heavy atom. The molecule has 0 aliphatic heterocycles. The van der Waals surface area contributed by atoms with Crippen LogP contribution in [0, 0.1) is 6.92 Å². The summed E-state index contributed by atoms with van der Waals surface area (Å²) in [5.41, 5.74) is 2.45. The van der Waals surface area contributed by atoms with Gasteiger partial charge in [0.15, 0.2) is 0 Å². The number of hydrogen-bond acceptors (Lipinski definition) is 8. The number of fused-ring (bicyclic) bond motifs is 1. The fraction of sp³-hybridized carbons (Fsp3) is 0.150. The molecule has 30 heavy (non-hydrogen) atoms. The van der Waals surface area contributed by atoms with Gasteiger partial charge in [-0.2, -0.15) is 4.68 Å². The van der Waals surface area contributed by atoms with Crippen molar-refractivity contribution < 1.29 is 14.3 Å². The first-order valence-corrected chi connectivity index (χ1v) is 9.95. The first-order valence-electron chi connectivity index (χ1n) is 8.97. The highest BCUT2D eigenvalue weighted by molar-refractivity contribution is 7.98. The number of phenolic OH excluding ortho intramolecular Hbond substituents is 1. The number of aryl methyl sites for hydroxylation is 1. The zero-order valence-corrected chi connectivity index (χ0v) is 16.9. The van der Waals surface area contributed by atoms with Gasteiger partial charge in [-0.15, -0.1) is 5.10 Å². The van der Waals surface area contributed by atoms with E-state index in [9.17, 15) is 14.7 Å². The van der Waals surface area contributed by atoms with Crippen LogP contribution < -0.4 is 10.9 Å². The summed E-state index contributed by atoms with van der Waals surface area (Å²) in [6.07, 6.45) is 0. The Morgan fingerprint density at radius 2 is 2.10 bits per heavy atom. The molecular weight excluding hydrogens is 406 g/mol. The summed E-state index contributed by atoms with van der Waals surface area (Å²) >= 11 is 1.35. The number of carbonyl (C=O) groups is 1. The molecule has 152 valence electrons. The van der Waals surface area contributed by atoms with Crippen molar-refractivity contribution in [2.45, 2.75) is 24.8 Å². The van der Waals surface area contributed by atoms with E-state index in [1.54, 1.807) is 41.9 Å². The van der Waals surface area contributed by atoms with Crippen molar-refractivity contribution in [3.8, 4) is 11.4 Å². The number of thioether (sulfide) groups is 1. The zero-order valence-electron chi connectivity index (χ0n) is 16.1. The Hall–Kier alpha value is -3.66. The lowest BCUT2D eigenvalue weighted by molar-refractivity contribution is -0.114. The summed E-state index contributed by atoms with van der Waals surface area (Å²) in [5, 5.41) is 25.7. The van der Waals surface area contributed by atoms with E-state index < -0.39 is 5.63 Å². The molecule has 2 aromatic carbocycles. The first-order chi connectivity index (χ1) is 14.4. The molecule has 0 aliphatic carbocycles. The number of rotatable bonds is 5. The summed E-state index contributed by atoms with van der Waals surface area (Å²) in [6.45, 7) is 3.13. The molecule has 1 amide bonds. The molecule has 0 fully saturated rings. The van der Waals surface area contributed by atoms with Gasteiger partial charge in [-0.3, -0.25) is 4.79 Å². The maximum Gasteiger partial charge on any atom is 0.336 e. The predicted molar refractivity (Wildman–Crippen MR) is 112 cm³/mol. The maximum absolute atomic E-state index is 12.0. The van der Waals surface area contributed by atoms with Crippen molar-refractivity contribution >= 4 is 34.3 Å². The van der Waals surface area contributed by atoms with Gasteiger partial charge in [0.25, 0.3) is 0 Å². The lowest BCUT2D eigenvalue weighted by Gasteiger charge is -2.09. The van der Waals surface area contributed by atoms with Crippen LogP contribution in [0.3, 0.4) is 0 Å². The second-order valence-corrected chi connectivity index (χ2v) is 7.51. The van der Waals surface area contributed by atoms with Crippen molar-refractivity contribution in [2.75, 3.05) is 5.32 Å². The minimum absolute atomic E-state index is 0.0680. The third-order valence-corrected chi connectivity index (χ3v) is 5.39. The zero-order chi connectivity index (χ0) is 21.3. The van der Waals surface area contributed by atoms with Crippen LogP contribution >= 0.6 is 11.8 Å². The number of phenols is 1. The van der Waals surface area contributed by atoms with E-state index in [4.69, 9.17) is 4.42 Å². The van der Waals surface area contributed by atoms with Gasteiger partial charge < -0.3 is 14.8 Å². The molecule has 4 aromatic rings. The number of benzene rings is 2. The molecule has 0 bridgehead atoms. The van der Waals surface area contributed by atoms with Crippen molar-refractivity contribution in [2.24, 2.45) is 0 Å². The highest BCUT2D eigenvalue weighted by atomic mass is 32.2. The molecule has 0 aliphatic rings. The second kappa shape index (κ2) is 7.99. The van der Waals surface area contributed by atoms with E-state index in [1.165, 1.54) is 24.8 Å². The first kappa shape index (κ1) is 19.6. The Labute approximate surface area is 174 Å². The number of carbonyl (C=O) groups excluding carboxylic acids is 1. The van der Waals surface area contributed by atoms with Gasteiger partial charge >= 0.3 is 5.63 Å². The standard InChI is InChI=1S/C20H17N5O4S/c1-11-17(27)7-6-16-13(8-18(28)29-19(11)16)10-30-20-22-23-24-25(20)15-5-3-4-14(9-15)21-12(2)26/h3-9,27H,10H2,1-2H3,(H,21,26). The number of nitrogens with one attached hydrogen (secondary N) is 1. The Bertz CT molecular complexity index is 1310. The lowest BCUT2D eigenvalue weighted by atomic mass is 10.1. The third-order valence-electron chi connectivity index (χ3n) is 4.43. The molecule has 0 saturated carbocycles. The summed E-state index contributed by atoms with van der Waals surface area (Å²) in [7, 11) is 0. The minimum atomic E-state index is -0.491. The second-order valence-electron chi connectivity index (χ2n) is 6.57. The molecule has 4 rings (SSSR count). The van der Waals surface area contributed by atoms with Crippen molar-refractivity contribution in [3.05, 3.63) is 64.0 Å². The van der Waals surface area contributed by atoms with Crippen LogP contribution in [0.15, 0.2) is 56.8 Å². The molecule has 10 heteroatoms. The summed E-state index contributed by atoms with van der Waals surface area (Å²) in [6, 6.07) is 11.9. The molecule has 2 heterocycles. The summed E-state index contributed by atoms with van der Waals surface area (Å²) in [5.74, 6) is 0.311. The normalized spacial score (nSPS) is 11.0. The molecule has 2 aromatic heterocycles. The van der Waals surface area contributed by atoms with Crippen LogP contribution in [0.5, 0.6) is 5.75 Å². The van der Waals surface area contributed by atoms with E-state index in [1.807, 2.05) is 6.07 Å². The van der Waals surface area contributed by atoms with Gasteiger partial charge in [0.05, 0.1) is 5.69 Å². The molecule has 2 N–H and O–H groups in total. The van der Waals surface area contributed by atoms with E-state index in [2.05, 4.69) is 20.8 Å². The van der Waals surface area contributed by atoms with Crippen molar-refractivity contribution in [3.63, 3.8) is 0 Å². The van der Waals surface area contributed by atoms with Crippen LogP contribution in [0.2, 0.25) is 0 Å². The molecule has 0 radical (unpaired) electrons. The van der Waals surface area contributed by atoms with Crippen LogP contribution in [0.4, 0.5) is 5.69 Å². The summed E-state index contributed by atoms with van der Waals surface area (Å²) in [4.78, 5) is 23.3. The number of aromatic hydroxyl groups is 1. The topological polar surface area (TPSA) is 123 Å². The number of anilines is 1. The van der Waals surface area contributed by atoms with Gasteiger partial charge in [0.2, 0.25) is 11.1 Å². The molecule has 0 unspecified atom stereocenters. The van der Waals surface area contributed by atoms with Crippen molar-refractivity contribution in [1.82, 2.24) is 20.2 Å². The monoisotopic (exact) mass is 423 g/mol. The number of hydrogen-bond donors (Lipinski definition) is 2. The fourth-order valence-corrected chi connectivity index (χ4v) is 3.91. The molecular formula is C20H17N5O4S. The largest absolute Gasteiger partial charge is 0.508 e. The third kappa shape index (κ3) is 3.90. The van der Waals surface area contributed by atoms with Gasteiger partial charge in [-0.05, 0) is 53.2 Å². The number of nitrogens with zero attached hydrogens (tertiary/aromatic N) is 4. The maximum atomic E-state index is 12.0. The smallest absolute Gasteiger partial charge is 0.336 e. The van der Waals surface area contributed by atoms with E-state index in [-0.39, 0.29) is 11.7 Å². The van der Waals surface area contributed by atoms with Crippen molar-refractivity contribution in [1.29, 1.82) is 0 Å². The number of tetrazole rings is 1. The Balaban J connectivity index is 1.64. The van der Waals surface area contributed by atoms with Crippen LogP contribution in [-0.2, 0) is 10.5 Å². The predicted octanol–water partition coefficient (Wildman–Crippen LogP) is 3.03. The van der Waals surface area contributed by atoms with Gasteiger partial charge in [-0.25, -0.2) is 4.79 Å². The fourth-order valence-electron chi connectivity index (χ4n) is 3.03. The average molecular weight is 423 g/mol. The Morgan fingerprint density at radius 1 is 1.27 bits per heavy atom. The molecule has 9 nitrogen and oxygen atoms in total.